The van der Waals surface area contributed by atoms with Crippen molar-refractivity contribution >= 4 is 34.0 Å². The number of carbonyl (C=O) groups excluding carboxylic acids is 2. The number of hydrogen-bond acceptors (Lipinski definition) is 6. The molecule has 10 nitrogen and oxygen atoms in total. The first-order valence-electron chi connectivity index (χ1n) is 17.4. The van der Waals surface area contributed by atoms with E-state index in [4.69, 9.17) is 14.5 Å². The number of H-pyrrole nitrogens is 2. The third kappa shape index (κ3) is 7.04. The number of amides is 2. The number of benzene rings is 3. The molecule has 0 spiro atoms. The van der Waals surface area contributed by atoms with E-state index in [2.05, 4.69) is 45.0 Å². The van der Waals surface area contributed by atoms with Gasteiger partial charge in [-0.25, -0.2) is 19.6 Å². The quantitative estimate of drug-likeness (QED) is 0.185. The van der Waals surface area contributed by atoms with Gasteiger partial charge in [-0.3, -0.25) is 9.80 Å². The Balaban J connectivity index is 1.05. The summed E-state index contributed by atoms with van der Waals surface area (Å²) >= 11 is 0. The van der Waals surface area contributed by atoms with Crippen LogP contribution in [0.15, 0.2) is 60.8 Å². The van der Waals surface area contributed by atoms with Crippen LogP contribution >= 0.6 is 0 Å². The number of nitrogens with zero attached hydrogens (tertiary/aromatic N) is 4. The summed E-state index contributed by atoms with van der Waals surface area (Å²) in [7, 11) is 0. The maximum atomic E-state index is 12.9. The number of fused-ring (bicyclic) bond motifs is 3. The molecule has 50 heavy (non-hydrogen) atoms. The molecule has 2 aliphatic rings. The molecule has 2 fully saturated rings. The molecule has 10 heteroatoms. The summed E-state index contributed by atoms with van der Waals surface area (Å²) < 4.78 is 11.3. The number of nitrogens with one attached hydrogen (secondary N) is 2. The normalized spacial score (nSPS) is 18.0. The van der Waals surface area contributed by atoms with Crippen molar-refractivity contribution in [3.05, 3.63) is 83.6 Å². The lowest BCUT2D eigenvalue weighted by Gasteiger charge is -2.27. The third-order valence-corrected chi connectivity index (χ3v) is 9.02. The van der Waals surface area contributed by atoms with Crippen molar-refractivity contribution in [3.63, 3.8) is 0 Å². The van der Waals surface area contributed by atoms with Gasteiger partial charge in [-0.2, -0.15) is 0 Å². The van der Waals surface area contributed by atoms with Crippen LogP contribution in [0, 0.1) is 11.8 Å². The van der Waals surface area contributed by atoms with Gasteiger partial charge in [0.2, 0.25) is 0 Å². The van der Waals surface area contributed by atoms with Crippen molar-refractivity contribution < 1.29 is 19.1 Å². The van der Waals surface area contributed by atoms with E-state index < -0.39 is 11.2 Å². The molecule has 2 atom stereocenters. The summed E-state index contributed by atoms with van der Waals surface area (Å²) in [6.07, 6.45) is 4.73. The van der Waals surface area contributed by atoms with Gasteiger partial charge in [0.15, 0.2) is 0 Å². The molecule has 2 N–H and O–H groups in total. The maximum absolute atomic E-state index is 12.9. The first kappa shape index (κ1) is 33.2. The van der Waals surface area contributed by atoms with Crippen molar-refractivity contribution in [2.24, 2.45) is 0 Å². The lowest BCUT2D eigenvalue weighted by Crippen LogP contribution is -2.36. The number of carbonyl (C=O) groups is 2. The molecule has 0 saturated carbocycles. The summed E-state index contributed by atoms with van der Waals surface area (Å²) in [5, 5.41) is 2.09. The maximum Gasteiger partial charge on any atom is 0.410 e. The fourth-order valence-electron chi connectivity index (χ4n) is 6.77. The second-order valence-corrected chi connectivity index (χ2v) is 15.2. The number of likely N-dealkylation sites (tertiary alicyclic amines) is 2. The van der Waals surface area contributed by atoms with Gasteiger partial charge in [-0.1, -0.05) is 36.1 Å². The van der Waals surface area contributed by atoms with Crippen LogP contribution in [0.3, 0.4) is 0 Å². The van der Waals surface area contributed by atoms with Crippen molar-refractivity contribution in [2.75, 3.05) is 13.1 Å². The lowest BCUT2D eigenvalue weighted by atomic mass is 10.1. The zero-order valence-electron chi connectivity index (χ0n) is 29.6. The molecule has 2 aromatic heterocycles. The van der Waals surface area contributed by atoms with Crippen LogP contribution in [0.25, 0.3) is 33.1 Å². The van der Waals surface area contributed by atoms with E-state index in [1.807, 2.05) is 84.1 Å². The number of rotatable bonds is 3. The molecule has 258 valence electrons. The molecule has 0 bridgehead atoms. The molecule has 0 aliphatic carbocycles. The first-order chi connectivity index (χ1) is 23.8. The average Bonchev–Trinajstić information content (AvgIpc) is 3.87. The molecule has 0 radical (unpaired) electrons. The highest BCUT2D eigenvalue weighted by Gasteiger charge is 2.36. The molecule has 0 unspecified atom stereocenters. The number of hydrogen-bond donors (Lipinski definition) is 2. The van der Waals surface area contributed by atoms with Crippen molar-refractivity contribution in [2.45, 2.75) is 90.5 Å². The Kier molecular flexibility index (Phi) is 8.54. The summed E-state index contributed by atoms with van der Waals surface area (Å²) in [5.41, 5.74) is 4.44. The smallest absolute Gasteiger partial charge is 0.410 e. The Morgan fingerprint density at radius 1 is 0.760 bits per heavy atom. The Labute approximate surface area is 292 Å². The van der Waals surface area contributed by atoms with Crippen LogP contribution < -0.4 is 0 Å². The van der Waals surface area contributed by atoms with E-state index in [0.29, 0.717) is 13.1 Å². The SMILES string of the molecule is CC(C)(C)OC(=O)N1CCC[C@H]1c1ncc(-c2ccc(C#Cc3ccc4c(ccc5[nH]c([C@@H]6CCCN6C(=O)OC(C)(C)C)nc54)c3)cc2)[nH]1. The second kappa shape index (κ2) is 12.9. The molecule has 2 aliphatic heterocycles. The van der Waals surface area contributed by atoms with Crippen molar-refractivity contribution in [3.8, 4) is 23.1 Å². The minimum Gasteiger partial charge on any atom is -0.444 e. The Morgan fingerprint density at radius 2 is 1.36 bits per heavy atom. The fraction of sp³-hybridized carbons (Fsp3) is 0.400. The molecule has 3 aromatic carbocycles. The molecule has 7 rings (SSSR count). The van der Waals surface area contributed by atoms with Crippen LogP contribution in [-0.2, 0) is 9.47 Å². The Hall–Kier alpha value is -5.30. The third-order valence-electron chi connectivity index (χ3n) is 9.02. The van der Waals surface area contributed by atoms with Crippen LogP contribution in [0.5, 0.6) is 0 Å². The van der Waals surface area contributed by atoms with Gasteiger partial charge in [-0.15, -0.1) is 0 Å². The van der Waals surface area contributed by atoms with Gasteiger partial charge >= 0.3 is 12.2 Å². The standard InChI is InChI=1S/C40H44N6O4/c1-39(2,3)49-37(47)45-21-7-9-32(45)35-41-24-31(43-35)27-16-13-25(14-17-27)11-12-26-15-19-29-28(23-26)18-20-30-34(29)44-36(42-30)33-10-8-22-46(33)38(48)50-40(4,5)6/h13-20,23-24,32-33H,7-10,21-22H2,1-6H3,(H,41,43)(H,42,44)/t32-,33-/m0/s1. The number of aromatic nitrogens is 4. The van der Waals surface area contributed by atoms with E-state index in [0.717, 1.165) is 81.5 Å². The summed E-state index contributed by atoms with van der Waals surface area (Å²) in [5.74, 6) is 8.17. The van der Waals surface area contributed by atoms with Gasteiger partial charge < -0.3 is 19.4 Å². The van der Waals surface area contributed by atoms with Gasteiger partial charge in [0, 0.05) is 29.6 Å². The highest BCUT2D eigenvalue weighted by Crippen LogP contribution is 2.35. The second-order valence-electron chi connectivity index (χ2n) is 15.2. The zero-order valence-corrected chi connectivity index (χ0v) is 29.6. The van der Waals surface area contributed by atoms with Crippen LogP contribution in [0.2, 0.25) is 0 Å². The average molecular weight is 673 g/mol. The fourth-order valence-corrected chi connectivity index (χ4v) is 6.77. The van der Waals surface area contributed by atoms with Crippen LogP contribution in [-0.4, -0.2) is 66.2 Å². The van der Waals surface area contributed by atoms with E-state index in [1.165, 1.54) is 0 Å². The van der Waals surface area contributed by atoms with Gasteiger partial charge in [-0.05, 0) is 109 Å². The van der Waals surface area contributed by atoms with Gasteiger partial charge in [0.1, 0.15) is 22.9 Å². The van der Waals surface area contributed by atoms with E-state index in [-0.39, 0.29) is 24.3 Å². The van der Waals surface area contributed by atoms with E-state index in [1.54, 1.807) is 9.80 Å². The molecule has 2 saturated heterocycles. The molecule has 4 heterocycles. The van der Waals surface area contributed by atoms with Gasteiger partial charge in [0.05, 0.1) is 35.0 Å². The number of imidazole rings is 2. The van der Waals surface area contributed by atoms with Crippen LogP contribution in [0.4, 0.5) is 9.59 Å². The van der Waals surface area contributed by atoms with Crippen molar-refractivity contribution in [1.82, 2.24) is 29.7 Å². The van der Waals surface area contributed by atoms with E-state index in [9.17, 15) is 9.59 Å². The van der Waals surface area contributed by atoms with Crippen LogP contribution in [0.1, 0.15) is 102 Å². The minimum atomic E-state index is -0.548. The summed E-state index contributed by atoms with van der Waals surface area (Å²) in [6, 6.07) is 18.1. The predicted octanol–water partition coefficient (Wildman–Crippen LogP) is 8.65. The largest absolute Gasteiger partial charge is 0.444 e. The Morgan fingerprint density at radius 3 is 2.00 bits per heavy atom. The molecular weight excluding hydrogens is 628 g/mol. The molecule has 5 aromatic rings. The van der Waals surface area contributed by atoms with E-state index >= 15 is 0 Å². The van der Waals surface area contributed by atoms with Crippen molar-refractivity contribution in [1.29, 1.82) is 0 Å². The lowest BCUT2D eigenvalue weighted by molar-refractivity contribution is 0.0208. The Bertz CT molecular complexity index is 2120. The summed E-state index contributed by atoms with van der Waals surface area (Å²) in [6.45, 7) is 12.6. The molecular formula is C40H44N6O4. The number of aromatic amines is 2. The highest BCUT2D eigenvalue weighted by atomic mass is 16.6. The first-order valence-corrected chi connectivity index (χ1v) is 17.4. The predicted molar refractivity (Wildman–Crippen MR) is 193 cm³/mol. The number of ether oxygens (including phenoxy) is 2. The zero-order chi connectivity index (χ0) is 35.2. The topological polar surface area (TPSA) is 116 Å². The minimum absolute atomic E-state index is 0.126. The van der Waals surface area contributed by atoms with Gasteiger partial charge in [0.25, 0.3) is 0 Å². The molecule has 2 amide bonds. The summed E-state index contributed by atoms with van der Waals surface area (Å²) in [4.78, 5) is 45.7. The highest BCUT2D eigenvalue weighted by molar-refractivity contribution is 6.04. The monoisotopic (exact) mass is 672 g/mol.